The Labute approximate surface area is 151 Å². The van der Waals surface area contributed by atoms with Crippen molar-refractivity contribution in [3.05, 3.63) is 52.7 Å². The molecular formula is C19H22N4O3. The summed E-state index contributed by atoms with van der Waals surface area (Å²) in [6.07, 6.45) is 2.57. The lowest BCUT2D eigenvalue weighted by atomic mass is 9.93. The third-order valence-electron chi connectivity index (χ3n) is 5.19. The van der Waals surface area contributed by atoms with E-state index in [9.17, 15) is 9.59 Å². The summed E-state index contributed by atoms with van der Waals surface area (Å²) in [7, 11) is 1.98. The first-order chi connectivity index (χ1) is 12.6. The van der Waals surface area contributed by atoms with Crippen LogP contribution >= 0.6 is 0 Å². The number of rotatable bonds is 2. The van der Waals surface area contributed by atoms with Crippen molar-refractivity contribution >= 4 is 11.6 Å². The first-order valence-electron chi connectivity index (χ1n) is 8.92. The molecular weight excluding hydrogens is 332 g/mol. The van der Waals surface area contributed by atoms with Crippen LogP contribution in [0.4, 0.5) is 5.69 Å². The second-order valence-electron chi connectivity index (χ2n) is 6.89. The van der Waals surface area contributed by atoms with Gasteiger partial charge in [-0.3, -0.25) is 9.59 Å². The van der Waals surface area contributed by atoms with Crippen LogP contribution in [0, 0.1) is 0 Å². The van der Waals surface area contributed by atoms with Gasteiger partial charge < -0.3 is 19.5 Å². The quantitative estimate of drug-likeness (QED) is 0.881. The molecule has 1 saturated heterocycles. The van der Waals surface area contributed by atoms with Gasteiger partial charge in [0.15, 0.2) is 6.10 Å². The average molecular weight is 354 g/mol. The van der Waals surface area contributed by atoms with E-state index in [1.54, 1.807) is 6.07 Å². The monoisotopic (exact) mass is 354 g/mol. The molecule has 0 spiro atoms. The molecule has 4 rings (SSSR count). The molecule has 2 aliphatic rings. The molecule has 26 heavy (non-hydrogen) atoms. The molecule has 0 unspecified atom stereocenters. The number of likely N-dealkylation sites (N-methyl/N-ethyl adjacent to an activating group) is 1. The molecule has 0 aliphatic carbocycles. The molecule has 1 amide bonds. The number of benzene rings is 1. The highest BCUT2D eigenvalue weighted by atomic mass is 16.5. The van der Waals surface area contributed by atoms with Crippen molar-refractivity contribution in [1.82, 2.24) is 14.9 Å². The third kappa shape index (κ3) is 3.16. The fraction of sp³-hybridized carbons (Fsp3) is 0.421. The number of carbonyl (C=O) groups excluding carboxylic acids is 1. The summed E-state index contributed by atoms with van der Waals surface area (Å²) < 4.78 is 5.95. The van der Waals surface area contributed by atoms with E-state index in [0.717, 1.165) is 30.0 Å². The first kappa shape index (κ1) is 16.6. The lowest BCUT2D eigenvalue weighted by Gasteiger charge is -2.38. The van der Waals surface area contributed by atoms with E-state index in [-0.39, 0.29) is 17.4 Å². The molecule has 1 aromatic heterocycles. The number of para-hydroxylation sites is 2. The van der Waals surface area contributed by atoms with Gasteiger partial charge in [-0.2, -0.15) is 0 Å². The summed E-state index contributed by atoms with van der Waals surface area (Å²) >= 11 is 0. The Morgan fingerprint density at radius 3 is 2.81 bits per heavy atom. The van der Waals surface area contributed by atoms with Crippen LogP contribution in [-0.4, -0.2) is 53.6 Å². The zero-order valence-electron chi connectivity index (χ0n) is 14.7. The number of H-pyrrole nitrogens is 1. The number of nitrogens with zero attached hydrogens (tertiary/aromatic N) is 3. The first-order valence-corrected chi connectivity index (χ1v) is 8.92. The van der Waals surface area contributed by atoms with Gasteiger partial charge in [0.05, 0.1) is 24.3 Å². The number of piperidine rings is 1. The van der Waals surface area contributed by atoms with Crippen molar-refractivity contribution in [2.75, 3.05) is 31.6 Å². The van der Waals surface area contributed by atoms with Crippen LogP contribution in [0.2, 0.25) is 0 Å². The molecule has 7 heteroatoms. The second kappa shape index (κ2) is 6.82. The van der Waals surface area contributed by atoms with Crippen LogP contribution in [0.5, 0.6) is 5.75 Å². The maximum absolute atomic E-state index is 12.9. The van der Waals surface area contributed by atoms with E-state index < -0.39 is 6.10 Å². The van der Waals surface area contributed by atoms with Gasteiger partial charge in [0, 0.05) is 32.1 Å². The Morgan fingerprint density at radius 1 is 1.27 bits per heavy atom. The van der Waals surface area contributed by atoms with Crippen LogP contribution in [0.3, 0.4) is 0 Å². The van der Waals surface area contributed by atoms with Crippen molar-refractivity contribution in [3.8, 4) is 5.75 Å². The number of aromatic amines is 1. The lowest BCUT2D eigenvalue weighted by molar-refractivity contribution is -0.139. The van der Waals surface area contributed by atoms with Crippen molar-refractivity contribution < 1.29 is 9.53 Å². The number of ether oxygens (including phenoxy) is 1. The van der Waals surface area contributed by atoms with E-state index in [2.05, 4.69) is 14.9 Å². The van der Waals surface area contributed by atoms with Gasteiger partial charge in [-0.25, -0.2) is 4.98 Å². The number of likely N-dealkylation sites (tertiary alicyclic amines) is 1. The number of nitrogens with one attached hydrogen (secondary N) is 1. The highest BCUT2D eigenvalue weighted by Gasteiger charge is 2.34. The molecule has 7 nitrogen and oxygen atoms in total. The minimum Gasteiger partial charge on any atom is -0.477 e. The summed E-state index contributed by atoms with van der Waals surface area (Å²) in [5, 5.41) is 0. The van der Waals surface area contributed by atoms with E-state index in [1.165, 1.54) is 6.33 Å². The summed E-state index contributed by atoms with van der Waals surface area (Å²) in [6.45, 7) is 1.86. The maximum Gasteiger partial charge on any atom is 0.265 e. The molecule has 1 atom stereocenters. The number of amides is 1. The topological polar surface area (TPSA) is 78.5 Å². The van der Waals surface area contributed by atoms with Crippen LogP contribution in [0.25, 0.3) is 0 Å². The van der Waals surface area contributed by atoms with Crippen molar-refractivity contribution in [1.29, 1.82) is 0 Å². The average Bonchev–Trinajstić information content (AvgIpc) is 2.67. The molecule has 2 aliphatic heterocycles. The highest BCUT2D eigenvalue weighted by Crippen LogP contribution is 2.33. The van der Waals surface area contributed by atoms with Crippen molar-refractivity contribution in [3.63, 3.8) is 0 Å². The molecule has 0 radical (unpaired) electrons. The van der Waals surface area contributed by atoms with Crippen LogP contribution in [-0.2, 0) is 4.79 Å². The van der Waals surface area contributed by atoms with Crippen LogP contribution < -0.4 is 15.2 Å². The Balaban J connectivity index is 1.40. The van der Waals surface area contributed by atoms with Gasteiger partial charge >= 0.3 is 0 Å². The molecule has 1 N–H and O–H groups in total. The normalized spacial score (nSPS) is 20.4. The van der Waals surface area contributed by atoms with Crippen molar-refractivity contribution in [2.24, 2.45) is 0 Å². The minimum atomic E-state index is -0.482. The van der Waals surface area contributed by atoms with Gasteiger partial charge in [0.1, 0.15) is 5.75 Å². The van der Waals surface area contributed by atoms with Gasteiger partial charge in [-0.1, -0.05) is 12.1 Å². The largest absolute Gasteiger partial charge is 0.477 e. The molecule has 0 bridgehead atoms. The van der Waals surface area contributed by atoms with Crippen LogP contribution in [0.15, 0.2) is 41.5 Å². The smallest absolute Gasteiger partial charge is 0.265 e. The Kier molecular flexibility index (Phi) is 4.36. The number of aromatic nitrogens is 2. The minimum absolute atomic E-state index is 0.0312. The van der Waals surface area contributed by atoms with Crippen molar-refractivity contribution in [2.45, 2.75) is 24.9 Å². The van der Waals surface area contributed by atoms with Gasteiger partial charge in [-0.15, -0.1) is 0 Å². The van der Waals surface area contributed by atoms with Crippen LogP contribution in [0.1, 0.15) is 24.5 Å². The molecule has 2 aromatic rings. The molecule has 1 aromatic carbocycles. The molecule has 136 valence electrons. The summed E-state index contributed by atoms with van der Waals surface area (Å²) in [5.74, 6) is 1.00. The number of fused-ring (bicyclic) bond motifs is 1. The Morgan fingerprint density at radius 2 is 2.04 bits per heavy atom. The summed E-state index contributed by atoms with van der Waals surface area (Å²) in [6, 6.07) is 9.33. The predicted molar refractivity (Wildman–Crippen MR) is 97.5 cm³/mol. The predicted octanol–water partition coefficient (Wildman–Crippen LogP) is 1.37. The summed E-state index contributed by atoms with van der Waals surface area (Å²) in [4.78, 5) is 35.1. The third-order valence-corrected chi connectivity index (χ3v) is 5.19. The maximum atomic E-state index is 12.9. The zero-order chi connectivity index (χ0) is 18.1. The van der Waals surface area contributed by atoms with E-state index >= 15 is 0 Å². The summed E-state index contributed by atoms with van der Waals surface area (Å²) in [5.41, 5.74) is 1.69. The van der Waals surface area contributed by atoms with E-state index in [1.807, 2.05) is 36.2 Å². The fourth-order valence-electron chi connectivity index (χ4n) is 3.74. The number of carbonyl (C=O) groups is 1. The number of hydrogen-bond donors (Lipinski definition) is 1. The zero-order valence-corrected chi connectivity index (χ0v) is 14.7. The standard InChI is InChI=1S/C19H22N4O3/c1-22-11-17(26-16-5-3-2-4-15(16)22)19(25)23-8-6-13(7-9-23)14-10-18(24)21-12-20-14/h2-5,10,12-13,17H,6-9,11H2,1H3,(H,20,21,24)/t17-/m0/s1. The highest BCUT2D eigenvalue weighted by molar-refractivity contribution is 5.83. The van der Waals surface area contributed by atoms with Gasteiger partial charge in [0.25, 0.3) is 11.5 Å². The van der Waals surface area contributed by atoms with E-state index in [4.69, 9.17) is 4.74 Å². The molecule has 3 heterocycles. The number of hydrogen-bond acceptors (Lipinski definition) is 5. The second-order valence-corrected chi connectivity index (χ2v) is 6.89. The van der Waals surface area contributed by atoms with E-state index in [0.29, 0.717) is 19.6 Å². The van der Waals surface area contributed by atoms with Gasteiger partial charge in [-0.05, 0) is 25.0 Å². The lowest BCUT2D eigenvalue weighted by Crippen LogP contribution is -2.51. The molecule has 1 fully saturated rings. The SMILES string of the molecule is CN1C[C@@H](C(=O)N2CCC(c3cc(=O)[nH]cn3)CC2)Oc2ccccc21. The Hall–Kier alpha value is -2.83. The number of anilines is 1. The fourth-order valence-corrected chi connectivity index (χ4v) is 3.74. The van der Waals surface area contributed by atoms with Gasteiger partial charge in [0.2, 0.25) is 0 Å². The Bertz CT molecular complexity index is 858. The molecule has 0 saturated carbocycles.